The van der Waals surface area contributed by atoms with Gasteiger partial charge < -0.3 is 14.9 Å². The number of aryl methyl sites for hydroxylation is 1. The van der Waals surface area contributed by atoms with Gasteiger partial charge in [0.1, 0.15) is 11.5 Å². The van der Waals surface area contributed by atoms with E-state index in [-0.39, 0.29) is 5.75 Å². The summed E-state index contributed by atoms with van der Waals surface area (Å²) in [6, 6.07) is 9.40. The maximum absolute atomic E-state index is 11.4. The predicted molar refractivity (Wildman–Crippen MR) is 95.3 cm³/mol. The number of carbonyl (C=O) groups is 1. The van der Waals surface area contributed by atoms with Crippen LogP contribution < -0.4 is 4.74 Å². The summed E-state index contributed by atoms with van der Waals surface area (Å²) in [5.41, 5.74) is 3.59. The van der Waals surface area contributed by atoms with Crippen LogP contribution in [0.2, 0.25) is 0 Å². The van der Waals surface area contributed by atoms with Gasteiger partial charge in [-0.1, -0.05) is 42.0 Å². The van der Waals surface area contributed by atoms with Crippen molar-refractivity contribution in [3.63, 3.8) is 0 Å². The number of carboxylic acids is 1. The third-order valence-electron chi connectivity index (χ3n) is 4.35. The SMILES string of the molecule is Cc1ccc(C(=S)c2c(O)c(C(C)C(=O)O)cc3c2OCC3)cc1. The predicted octanol–water partition coefficient (Wildman–Crippen LogP) is 3.59. The highest BCUT2D eigenvalue weighted by atomic mass is 32.1. The van der Waals surface area contributed by atoms with Gasteiger partial charge in [0, 0.05) is 12.0 Å². The molecule has 24 heavy (non-hydrogen) atoms. The Morgan fingerprint density at radius 2 is 1.96 bits per heavy atom. The summed E-state index contributed by atoms with van der Waals surface area (Å²) >= 11 is 5.58. The van der Waals surface area contributed by atoms with E-state index in [1.807, 2.05) is 31.2 Å². The van der Waals surface area contributed by atoms with Gasteiger partial charge in [-0.2, -0.15) is 0 Å². The molecule has 0 amide bonds. The number of carboxylic acid groups (broad SMARTS) is 1. The first-order chi connectivity index (χ1) is 11.4. The number of fused-ring (bicyclic) bond motifs is 1. The third-order valence-corrected chi connectivity index (χ3v) is 4.79. The van der Waals surface area contributed by atoms with Crippen LogP contribution in [-0.4, -0.2) is 27.7 Å². The molecule has 2 aromatic rings. The molecule has 0 saturated carbocycles. The fourth-order valence-electron chi connectivity index (χ4n) is 2.87. The Labute approximate surface area is 145 Å². The molecule has 5 heteroatoms. The van der Waals surface area contributed by atoms with Crippen LogP contribution in [0, 0.1) is 6.92 Å². The van der Waals surface area contributed by atoms with Crippen LogP contribution in [0.25, 0.3) is 0 Å². The first kappa shape index (κ1) is 16.5. The van der Waals surface area contributed by atoms with Crippen LogP contribution in [-0.2, 0) is 11.2 Å². The summed E-state index contributed by atoms with van der Waals surface area (Å²) in [5, 5.41) is 20.0. The molecular formula is C19H18O4S. The number of benzene rings is 2. The Bertz CT molecular complexity index is 824. The van der Waals surface area contributed by atoms with Gasteiger partial charge in [-0.15, -0.1) is 0 Å². The summed E-state index contributed by atoms with van der Waals surface area (Å²) in [7, 11) is 0. The molecule has 0 radical (unpaired) electrons. The molecule has 2 aromatic carbocycles. The van der Waals surface area contributed by atoms with Crippen molar-refractivity contribution >= 4 is 23.1 Å². The molecule has 0 saturated heterocycles. The van der Waals surface area contributed by atoms with Gasteiger partial charge in [0.2, 0.25) is 0 Å². The van der Waals surface area contributed by atoms with Gasteiger partial charge >= 0.3 is 5.97 Å². The van der Waals surface area contributed by atoms with Gasteiger partial charge in [0.05, 0.1) is 23.0 Å². The molecule has 0 bridgehead atoms. The lowest BCUT2D eigenvalue weighted by Crippen LogP contribution is -2.11. The third kappa shape index (κ3) is 2.76. The highest BCUT2D eigenvalue weighted by Gasteiger charge is 2.29. The minimum Gasteiger partial charge on any atom is -0.507 e. The molecule has 1 heterocycles. The summed E-state index contributed by atoms with van der Waals surface area (Å²) in [4.78, 5) is 11.8. The van der Waals surface area contributed by atoms with Crippen LogP contribution in [0.15, 0.2) is 30.3 Å². The van der Waals surface area contributed by atoms with Crippen molar-refractivity contribution in [3.05, 3.63) is 58.1 Å². The number of aromatic hydroxyl groups is 1. The number of hydrogen-bond donors (Lipinski definition) is 2. The van der Waals surface area contributed by atoms with Crippen molar-refractivity contribution < 1.29 is 19.7 Å². The summed E-state index contributed by atoms with van der Waals surface area (Å²) in [6.07, 6.45) is 0.679. The molecular weight excluding hydrogens is 324 g/mol. The minimum absolute atomic E-state index is 0.101. The van der Waals surface area contributed by atoms with Crippen LogP contribution in [0.3, 0.4) is 0 Å². The quantitative estimate of drug-likeness (QED) is 0.656. The fraction of sp³-hybridized carbons (Fsp3) is 0.263. The number of phenolic OH excluding ortho intramolecular Hbond substituents is 1. The number of rotatable bonds is 4. The molecule has 1 atom stereocenters. The highest BCUT2D eigenvalue weighted by Crippen LogP contribution is 2.42. The molecule has 1 aliphatic rings. The first-order valence-electron chi connectivity index (χ1n) is 7.76. The van der Waals surface area contributed by atoms with Gasteiger partial charge in [-0.25, -0.2) is 0 Å². The molecule has 2 N–H and O–H groups in total. The van der Waals surface area contributed by atoms with E-state index in [2.05, 4.69) is 0 Å². The van der Waals surface area contributed by atoms with Crippen molar-refractivity contribution in [1.82, 2.24) is 0 Å². The number of thiocarbonyl (C=S) groups is 1. The normalized spacial score (nSPS) is 13.9. The number of aliphatic carboxylic acids is 1. The maximum atomic E-state index is 11.4. The van der Waals surface area contributed by atoms with Crippen LogP contribution in [0.5, 0.6) is 11.5 Å². The standard InChI is InChI=1S/C19H18O4S/c1-10-3-5-12(6-4-10)18(24)15-16(20)14(11(2)19(21)22)9-13-7-8-23-17(13)15/h3-6,9,11,20H,7-8H2,1-2H3,(H,21,22). The molecule has 3 rings (SSSR count). The van der Waals surface area contributed by atoms with E-state index in [1.54, 1.807) is 13.0 Å². The van der Waals surface area contributed by atoms with E-state index in [0.29, 0.717) is 34.8 Å². The Hall–Kier alpha value is -2.40. The smallest absolute Gasteiger partial charge is 0.310 e. The molecule has 124 valence electrons. The van der Waals surface area contributed by atoms with E-state index >= 15 is 0 Å². The second-order valence-electron chi connectivity index (χ2n) is 6.03. The first-order valence-corrected chi connectivity index (χ1v) is 8.16. The van der Waals surface area contributed by atoms with Gasteiger partial charge in [-0.05, 0) is 31.0 Å². The molecule has 0 aromatic heterocycles. The average Bonchev–Trinajstić information content (AvgIpc) is 3.01. The second-order valence-corrected chi connectivity index (χ2v) is 6.44. The van der Waals surface area contributed by atoms with Crippen LogP contribution >= 0.6 is 12.2 Å². The molecule has 0 aliphatic carbocycles. The van der Waals surface area contributed by atoms with E-state index in [1.165, 1.54) is 0 Å². The summed E-state index contributed by atoms with van der Waals surface area (Å²) in [6.45, 7) is 4.04. The largest absolute Gasteiger partial charge is 0.507 e. The second kappa shape index (κ2) is 6.24. The molecule has 0 fully saturated rings. The zero-order chi connectivity index (χ0) is 17.4. The molecule has 1 aliphatic heterocycles. The Kier molecular flexibility index (Phi) is 4.28. The van der Waals surface area contributed by atoms with Crippen LogP contribution in [0.1, 0.15) is 40.7 Å². The van der Waals surface area contributed by atoms with Crippen LogP contribution in [0.4, 0.5) is 0 Å². The number of ether oxygens (including phenoxy) is 1. The Morgan fingerprint density at radius 1 is 1.29 bits per heavy atom. The lowest BCUT2D eigenvalue weighted by atomic mass is 9.91. The zero-order valence-electron chi connectivity index (χ0n) is 13.5. The Balaban J connectivity index is 2.17. The van der Waals surface area contributed by atoms with Crippen molar-refractivity contribution in [1.29, 1.82) is 0 Å². The van der Waals surface area contributed by atoms with E-state index in [0.717, 1.165) is 16.7 Å². The fourth-order valence-corrected chi connectivity index (χ4v) is 3.20. The molecule has 1 unspecified atom stereocenters. The van der Waals surface area contributed by atoms with E-state index in [4.69, 9.17) is 17.0 Å². The lowest BCUT2D eigenvalue weighted by molar-refractivity contribution is -0.138. The van der Waals surface area contributed by atoms with Gasteiger partial charge in [0.15, 0.2) is 0 Å². The number of hydrogen-bond acceptors (Lipinski definition) is 4. The summed E-state index contributed by atoms with van der Waals surface area (Å²) in [5.74, 6) is -1.35. The molecule has 0 spiro atoms. The summed E-state index contributed by atoms with van der Waals surface area (Å²) < 4.78 is 5.68. The highest BCUT2D eigenvalue weighted by molar-refractivity contribution is 7.81. The maximum Gasteiger partial charge on any atom is 0.310 e. The average molecular weight is 342 g/mol. The Morgan fingerprint density at radius 3 is 2.58 bits per heavy atom. The topological polar surface area (TPSA) is 66.8 Å². The zero-order valence-corrected chi connectivity index (χ0v) is 14.3. The van der Waals surface area contributed by atoms with Gasteiger partial charge in [-0.3, -0.25) is 4.79 Å². The molecule has 4 nitrogen and oxygen atoms in total. The van der Waals surface area contributed by atoms with Crippen molar-refractivity contribution in [2.24, 2.45) is 0 Å². The number of phenols is 1. The van der Waals surface area contributed by atoms with Crippen molar-refractivity contribution in [2.75, 3.05) is 6.61 Å². The lowest BCUT2D eigenvalue weighted by Gasteiger charge is -2.17. The van der Waals surface area contributed by atoms with E-state index < -0.39 is 11.9 Å². The minimum atomic E-state index is -0.989. The van der Waals surface area contributed by atoms with Gasteiger partial charge in [0.25, 0.3) is 0 Å². The van der Waals surface area contributed by atoms with E-state index in [9.17, 15) is 15.0 Å². The van der Waals surface area contributed by atoms with Crippen molar-refractivity contribution in [2.45, 2.75) is 26.2 Å². The monoisotopic (exact) mass is 342 g/mol. The van der Waals surface area contributed by atoms with Crippen molar-refractivity contribution in [3.8, 4) is 11.5 Å².